The van der Waals surface area contributed by atoms with Crippen molar-refractivity contribution in [3.8, 4) is 21.6 Å². The SMILES string of the molecule is Cc1cc(C)c(-c2csc(-c3ccccc3)c2)c(C)c1. The highest BCUT2D eigenvalue weighted by molar-refractivity contribution is 7.14. The van der Waals surface area contributed by atoms with Gasteiger partial charge in [0.2, 0.25) is 0 Å². The van der Waals surface area contributed by atoms with Crippen LogP contribution in [0.25, 0.3) is 21.6 Å². The zero-order valence-corrected chi connectivity index (χ0v) is 12.9. The zero-order chi connectivity index (χ0) is 14.1. The third-order valence-electron chi connectivity index (χ3n) is 3.62. The van der Waals surface area contributed by atoms with Crippen molar-refractivity contribution in [2.45, 2.75) is 20.8 Å². The first-order valence-electron chi connectivity index (χ1n) is 6.87. The molecule has 2 aromatic carbocycles. The molecule has 20 heavy (non-hydrogen) atoms. The number of benzene rings is 2. The summed E-state index contributed by atoms with van der Waals surface area (Å²) in [5, 5.41) is 2.27. The van der Waals surface area contributed by atoms with E-state index in [4.69, 9.17) is 0 Å². The van der Waals surface area contributed by atoms with Crippen molar-refractivity contribution in [1.82, 2.24) is 0 Å². The fourth-order valence-electron chi connectivity index (χ4n) is 2.86. The molecule has 0 bridgehead atoms. The summed E-state index contributed by atoms with van der Waals surface area (Å²) in [4.78, 5) is 1.33. The van der Waals surface area contributed by atoms with Crippen LogP contribution in [0.2, 0.25) is 0 Å². The molecule has 1 aromatic heterocycles. The number of rotatable bonds is 2. The summed E-state index contributed by atoms with van der Waals surface area (Å²) in [5.41, 5.74) is 8.08. The summed E-state index contributed by atoms with van der Waals surface area (Å²) in [6, 6.07) is 17.4. The molecule has 3 aromatic rings. The monoisotopic (exact) mass is 278 g/mol. The van der Waals surface area contributed by atoms with Crippen molar-refractivity contribution in [2.24, 2.45) is 0 Å². The van der Waals surface area contributed by atoms with Crippen LogP contribution in [0.15, 0.2) is 53.9 Å². The summed E-state index contributed by atoms with van der Waals surface area (Å²) in [7, 11) is 0. The van der Waals surface area contributed by atoms with Crippen LogP contribution in [0.1, 0.15) is 16.7 Å². The second-order valence-corrected chi connectivity index (χ2v) is 6.25. The van der Waals surface area contributed by atoms with Gasteiger partial charge in [-0.3, -0.25) is 0 Å². The summed E-state index contributed by atoms with van der Waals surface area (Å²) >= 11 is 1.82. The van der Waals surface area contributed by atoms with E-state index < -0.39 is 0 Å². The minimum atomic E-state index is 1.30. The lowest BCUT2D eigenvalue weighted by Gasteiger charge is -2.09. The van der Waals surface area contributed by atoms with Crippen LogP contribution in [0, 0.1) is 20.8 Å². The maximum absolute atomic E-state index is 2.31. The highest BCUT2D eigenvalue weighted by atomic mass is 32.1. The lowest BCUT2D eigenvalue weighted by Crippen LogP contribution is -1.88. The summed E-state index contributed by atoms with van der Waals surface area (Å²) in [6.07, 6.45) is 0. The Hall–Kier alpha value is -1.86. The smallest absolute Gasteiger partial charge is 0.0349 e. The number of aryl methyl sites for hydroxylation is 3. The molecule has 0 nitrogen and oxygen atoms in total. The molecule has 0 N–H and O–H groups in total. The number of thiophene rings is 1. The Labute approximate surface area is 124 Å². The number of hydrogen-bond acceptors (Lipinski definition) is 1. The molecule has 0 aliphatic heterocycles. The van der Waals surface area contributed by atoms with Crippen LogP contribution < -0.4 is 0 Å². The predicted octanol–water partition coefficient (Wildman–Crippen LogP) is 6.01. The molecular weight excluding hydrogens is 260 g/mol. The molecule has 0 spiro atoms. The van der Waals surface area contributed by atoms with Gasteiger partial charge in [0, 0.05) is 4.88 Å². The molecule has 0 saturated heterocycles. The van der Waals surface area contributed by atoms with Gasteiger partial charge < -0.3 is 0 Å². The van der Waals surface area contributed by atoms with Crippen molar-refractivity contribution >= 4 is 11.3 Å². The van der Waals surface area contributed by atoms with E-state index in [1.807, 2.05) is 11.3 Å². The first-order valence-corrected chi connectivity index (χ1v) is 7.75. The molecule has 0 radical (unpaired) electrons. The summed E-state index contributed by atoms with van der Waals surface area (Å²) < 4.78 is 0. The molecule has 0 saturated carbocycles. The Kier molecular flexibility index (Phi) is 3.45. The first-order chi connectivity index (χ1) is 9.65. The lowest BCUT2D eigenvalue weighted by molar-refractivity contribution is 1.32. The molecule has 0 unspecified atom stereocenters. The quantitative estimate of drug-likeness (QED) is 0.538. The van der Waals surface area contributed by atoms with Crippen molar-refractivity contribution in [3.05, 3.63) is 70.6 Å². The molecule has 0 amide bonds. The highest BCUT2D eigenvalue weighted by Crippen LogP contribution is 2.35. The van der Waals surface area contributed by atoms with Gasteiger partial charge in [-0.2, -0.15) is 0 Å². The van der Waals surface area contributed by atoms with E-state index in [-0.39, 0.29) is 0 Å². The van der Waals surface area contributed by atoms with Crippen molar-refractivity contribution in [1.29, 1.82) is 0 Å². The van der Waals surface area contributed by atoms with Gasteiger partial charge in [-0.05, 0) is 60.0 Å². The van der Waals surface area contributed by atoms with Gasteiger partial charge in [0.05, 0.1) is 0 Å². The van der Waals surface area contributed by atoms with Gasteiger partial charge in [0.15, 0.2) is 0 Å². The molecule has 0 aliphatic carbocycles. The summed E-state index contributed by atoms with van der Waals surface area (Å²) in [5.74, 6) is 0. The first kappa shape index (κ1) is 13.1. The fourth-order valence-corrected chi connectivity index (χ4v) is 3.76. The van der Waals surface area contributed by atoms with E-state index in [0.717, 1.165) is 0 Å². The van der Waals surface area contributed by atoms with Crippen molar-refractivity contribution < 1.29 is 0 Å². The second kappa shape index (κ2) is 5.26. The third-order valence-corrected chi connectivity index (χ3v) is 4.60. The normalized spacial score (nSPS) is 10.8. The van der Waals surface area contributed by atoms with Gasteiger partial charge in [-0.25, -0.2) is 0 Å². The Morgan fingerprint density at radius 1 is 0.750 bits per heavy atom. The van der Waals surface area contributed by atoms with Gasteiger partial charge >= 0.3 is 0 Å². The van der Waals surface area contributed by atoms with E-state index in [9.17, 15) is 0 Å². The minimum absolute atomic E-state index is 1.30. The third kappa shape index (κ3) is 2.41. The molecule has 0 atom stereocenters. The Morgan fingerprint density at radius 2 is 1.40 bits per heavy atom. The van der Waals surface area contributed by atoms with Crippen LogP contribution in [0.5, 0.6) is 0 Å². The summed E-state index contributed by atoms with van der Waals surface area (Å²) in [6.45, 7) is 6.57. The minimum Gasteiger partial charge on any atom is -0.143 e. The lowest BCUT2D eigenvalue weighted by atomic mass is 9.95. The maximum Gasteiger partial charge on any atom is 0.0349 e. The second-order valence-electron chi connectivity index (χ2n) is 5.34. The Balaban J connectivity index is 2.07. The average molecular weight is 278 g/mol. The molecule has 1 heteroatoms. The Bertz CT molecular complexity index is 712. The molecular formula is C19H18S. The fraction of sp³-hybridized carbons (Fsp3) is 0.158. The van der Waals surface area contributed by atoms with Gasteiger partial charge in [0.1, 0.15) is 0 Å². The topological polar surface area (TPSA) is 0 Å². The zero-order valence-electron chi connectivity index (χ0n) is 12.1. The van der Waals surface area contributed by atoms with Crippen LogP contribution in [0.3, 0.4) is 0 Å². The van der Waals surface area contributed by atoms with Crippen LogP contribution >= 0.6 is 11.3 Å². The largest absolute Gasteiger partial charge is 0.143 e. The van der Waals surface area contributed by atoms with E-state index in [1.54, 1.807) is 0 Å². The van der Waals surface area contributed by atoms with Crippen molar-refractivity contribution in [3.63, 3.8) is 0 Å². The average Bonchev–Trinajstić information content (AvgIpc) is 2.88. The van der Waals surface area contributed by atoms with Gasteiger partial charge in [0.25, 0.3) is 0 Å². The van der Waals surface area contributed by atoms with Crippen molar-refractivity contribution in [2.75, 3.05) is 0 Å². The van der Waals surface area contributed by atoms with Crippen LogP contribution in [-0.2, 0) is 0 Å². The molecule has 0 fully saturated rings. The molecule has 0 aliphatic rings. The van der Waals surface area contributed by atoms with E-state index in [0.29, 0.717) is 0 Å². The molecule has 100 valence electrons. The van der Waals surface area contributed by atoms with E-state index in [1.165, 1.54) is 38.3 Å². The van der Waals surface area contributed by atoms with E-state index in [2.05, 4.69) is 74.7 Å². The van der Waals surface area contributed by atoms with Gasteiger partial charge in [-0.15, -0.1) is 11.3 Å². The van der Waals surface area contributed by atoms with Gasteiger partial charge in [-0.1, -0.05) is 48.0 Å². The van der Waals surface area contributed by atoms with E-state index >= 15 is 0 Å². The molecule has 3 rings (SSSR count). The molecule has 1 heterocycles. The Morgan fingerprint density at radius 3 is 2.05 bits per heavy atom. The standard InChI is InChI=1S/C19H18S/c1-13-9-14(2)19(15(3)10-13)17-11-18(20-12-17)16-7-5-4-6-8-16/h4-12H,1-3H3. The number of hydrogen-bond donors (Lipinski definition) is 0. The maximum atomic E-state index is 2.31. The highest BCUT2D eigenvalue weighted by Gasteiger charge is 2.09. The van der Waals surface area contributed by atoms with Crippen LogP contribution in [-0.4, -0.2) is 0 Å². The van der Waals surface area contributed by atoms with Crippen LogP contribution in [0.4, 0.5) is 0 Å². The predicted molar refractivity (Wildman–Crippen MR) is 89.4 cm³/mol.